The van der Waals surface area contributed by atoms with E-state index in [1.165, 1.54) is 30.6 Å². The Morgan fingerprint density at radius 3 is 2.43 bits per heavy atom. The van der Waals surface area contributed by atoms with Crippen molar-refractivity contribution in [3.05, 3.63) is 64.0 Å². The van der Waals surface area contributed by atoms with Crippen LogP contribution >= 0.6 is 0 Å². The summed E-state index contributed by atoms with van der Waals surface area (Å²) in [5, 5.41) is 13.6. The van der Waals surface area contributed by atoms with Crippen LogP contribution in [-0.2, 0) is 12.7 Å². The lowest BCUT2D eigenvalue weighted by atomic mass is 10.1. The van der Waals surface area contributed by atoms with E-state index < -0.39 is 16.7 Å². The Bertz CT molecular complexity index is 642. The van der Waals surface area contributed by atoms with Gasteiger partial charge in [-0.15, -0.1) is 0 Å². The molecule has 0 saturated heterocycles. The average molecular weight is 297 g/mol. The van der Waals surface area contributed by atoms with Gasteiger partial charge in [-0.1, -0.05) is 12.1 Å². The van der Waals surface area contributed by atoms with Crippen LogP contribution in [0.15, 0.2) is 42.7 Å². The van der Waals surface area contributed by atoms with Gasteiger partial charge in [0, 0.05) is 18.8 Å². The van der Waals surface area contributed by atoms with Crippen molar-refractivity contribution in [3.8, 4) is 0 Å². The smallest absolute Gasteiger partial charge is 0.374 e. The summed E-state index contributed by atoms with van der Waals surface area (Å²) in [7, 11) is 0. The van der Waals surface area contributed by atoms with Gasteiger partial charge in [0.1, 0.15) is 5.69 Å². The second kappa shape index (κ2) is 5.78. The first-order chi connectivity index (χ1) is 9.88. The molecular weight excluding hydrogens is 287 g/mol. The molecule has 1 aromatic heterocycles. The highest BCUT2D eigenvalue weighted by Crippen LogP contribution is 2.29. The quantitative estimate of drug-likeness (QED) is 0.691. The molecule has 0 saturated carbocycles. The van der Waals surface area contributed by atoms with E-state index in [0.717, 1.165) is 12.1 Å². The third-order valence-electron chi connectivity index (χ3n) is 2.76. The second-order valence-corrected chi connectivity index (χ2v) is 4.20. The largest absolute Gasteiger partial charge is 0.416 e. The number of hydrogen-bond donors (Lipinski definition) is 1. The molecule has 1 heterocycles. The summed E-state index contributed by atoms with van der Waals surface area (Å²) in [6, 6.07) is 5.81. The van der Waals surface area contributed by atoms with Crippen molar-refractivity contribution in [2.45, 2.75) is 12.7 Å². The lowest BCUT2D eigenvalue weighted by molar-refractivity contribution is -0.384. The molecule has 0 unspecified atom stereocenters. The fourth-order valence-electron chi connectivity index (χ4n) is 1.69. The number of anilines is 1. The Hall–Kier alpha value is -2.64. The predicted molar refractivity (Wildman–Crippen MR) is 69.7 cm³/mol. The molecule has 1 aromatic carbocycles. The zero-order valence-electron chi connectivity index (χ0n) is 10.6. The molecule has 2 rings (SSSR count). The monoisotopic (exact) mass is 297 g/mol. The van der Waals surface area contributed by atoms with Crippen molar-refractivity contribution < 1.29 is 18.1 Å². The minimum atomic E-state index is -4.38. The van der Waals surface area contributed by atoms with E-state index in [-0.39, 0.29) is 17.9 Å². The van der Waals surface area contributed by atoms with Gasteiger partial charge >= 0.3 is 6.18 Å². The summed E-state index contributed by atoms with van der Waals surface area (Å²) in [6.07, 6.45) is -1.79. The van der Waals surface area contributed by atoms with Crippen molar-refractivity contribution in [1.82, 2.24) is 4.98 Å². The first kappa shape index (κ1) is 14.8. The summed E-state index contributed by atoms with van der Waals surface area (Å²) in [4.78, 5) is 14.0. The van der Waals surface area contributed by atoms with Crippen LogP contribution < -0.4 is 5.32 Å². The summed E-state index contributed by atoms with van der Waals surface area (Å²) < 4.78 is 37.2. The summed E-state index contributed by atoms with van der Waals surface area (Å²) in [5.41, 5.74) is -0.0981. The highest BCUT2D eigenvalue weighted by atomic mass is 19.4. The SMILES string of the molecule is O=[N+]([O-])c1ccncc1NCc1ccc(C(F)(F)F)cc1. The summed E-state index contributed by atoms with van der Waals surface area (Å²) in [6.45, 7) is 0.157. The van der Waals surface area contributed by atoms with Crippen LogP contribution in [0.5, 0.6) is 0 Å². The molecule has 0 fully saturated rings. The Balaban J connectivity index is 2.09. The van der Waals surface area contributed by atoms with Crippen molar-refractivity contribution >= 4 is 11.4 Å². The molecule has 110 valence electrons. The van der Waals surface area contributed by atoms with Gasteiger partial charge in [0.25, 0.3) is 5.69 Å². The third-order valence-corrected chi connectivity index (χ3v) is 2.76. The number of nitro groups is 1. The number of pyridine rings is 1. The lowest BCUT2D eigenvalue weighted by Crippen LogP contribution is -2.06. The molecule has 8 heteroatoms. The highest BCUT2D eigenvalue weighted by Gasteiger charge is 2.29. The number of nitrogens with one attached hydrogen (secondary N) is 1. The van der Waals surface area contributed by atoms with E-state index >= 15 is 0 Å². The van der Waals surface area contributed by atoms with Gasteiger partial charge in [0.15, 0.2) is 0 Å². The normalized spacial score (nSPS) is 11.2. The maximum Gasteiger partial charge on any atom is 0.416 e. The average Bonchev–Trinajstić information content (AvgIpc) is 2.45. The first-order valence-corrected chi connectivity index (χ1v) is 5.86. The molecular formula is C13H10F3N3O2. The first-order valence-electron chi connectivity index (χ1n) is 5.86. The molecule has 0 aliphatic heterocycles. The van der Waals surface area contributed by atoms with Gasteiger partial charge in [-0.3, -0.25) is 15.1 Å². The Labute approximate surface area is 117 Å². The molecule has 1 N–H and O–H groups in total. The molecule has 5 nitrogen and oxygen atoms in total. The van der Waals surface area contributed by atoms with Crippen LogP contribution in [0.1, 0.15) is 11.1 Å². The van der Waals surface area contributed by atoms with E-state index in [1.807, 2.05) is 0 Å². The zero-order chi connectivity index (χ0) is 15.5. The Morgan fingerprint density at radius 2 is 1.86 bits per heavy atom. The van der Waals surface area contributed by atoms with E-state index in [4.69, 9.17) is 0 Å². The van der Waals surface area contributed by atoms with Gasteiger partial charge in [0.05, 0.1) is 16.7 Å². The molecule has 0 radical (unpaired) electrons. The topological polar surface area (TPSA) is 68.1 Å². The second-order valence-electron chi connectivity index (χ2n) is 4.20. The number of benzene rings is 1. The molecule has 0 aliphatic carbocycles. The van der Waals surface area contributed by atoms with Crippen molar-refractivity contribution in [2.75, 3.05) is 5.32 Å². The minimum absolute atomic E-state index is 0.142. The van der Waals surface area contributed by atoms with Gasteiger partial charge in [-0.05, 0) is 17.7 Å². The molecule has 0 bridgehead atoms. The van der Waals surface area contributed by atoms with Crippen LogP contribution in [0.3, 0.4) is 0 Å². The molecule has 21 heavy (non-hydrogen) atoms. The third kappa shape index (κ3) is 3.68. The minimum Gasteiger partial charge on any atom is -0.374 e. The fraction of sp³-hybridized carbons (Fsp3) is 0.154. The van der Waals surface area contributed by atoms with Gasteiger partial charge in [0.2, 0.25) is 0 Å². The Morgan fingerprint density at radius 1 is 1.19 bits per heavy atom. The van der Waals surface area contributed by atoms with Gasteiger partial charge in [-0.2, -0.15) is 13.2 Å². The predicted octanol–water partition coefficient (Wildman–Crippen LogP) is 3.62. The maximum absolute atomic E-state index is 12.4. The number of aromatic nitrogens is 1. The maximum atomic E-state index is 12.4. The number of halogens is 3. The van der Waals surface area contributed by atoms with Crippen molar-refractivity contribution in [2.24, 2.45) is 0 Å². The lowest BCUT2D eigenvalue weighted by Gasteiger charge is -2.09. The van der Waals surface area contributed by atoms with E-state index in [0.29, 0.717) is 5.56 Å². The van der Waals surface area contributed by atoms with Crippen LogP contribution in [0.25, 0.3) is 0 Å². The molecule has 2 aromatic rings. The number of hydrogen-bond acceptors (Lipinski definition) is 4. The van der Waals surface area contributed by atoms with Crippen LogP contribution in [0.2, 0.25) is 0 Å². The summed E-state index contributed by atoms with van der Waals surface area (Å²) >= 11 is 0. The van der Waals surface area contributed by atoms with Gasteiger partial charge in [-0.25, -0.2) is 0 Å². The standard InChI is InChI=1S/C13H10F3N3O2/c14-13(15,16)10-3-1-9(2-4-10)7-18-11-8-17-6-5-12(11)19(20)21/h1-6,8,18H,7H2. The van der Waals surface area contributed by atoms with Crippen molar-refractivity contribution in [1.29, 1.82) is 0 Å². The van der Waals surface area contributed by atoms with Crippen LogP contribution in [0, 0.1) is 10.1 Å². The van der Waals surface area contributed by atoms with E-state index in [9.17, 15) is 23.3 Å². The van der Waals surface area contributed by atoms with Crippen LogP contribution in [0.4, 0.5) is 24.5 Å². The zero-order valence-corrected chi connectivity index (χ0v) is 10.6. The number of rotatable bonds is 4. The molecule has 0 aliphatic rings. The fourth-order valence-corrected chi connectivity index (χ4v) is 1.69. The number of nitrogens with zero attached hydrogens (tertiary/aromatic N) is 2. The van der Waals surface area contributed by atoms with Gasteiger partial charge < -0.3 is 5.32 Å². The summed E-state index contributed by atoms with van der Waals surface area (Å²) in [5.74, 6) is 0. The number of alkyl halides is 3. The molecule has 0 atom stereocenters. The van der Waals surface area contributed by atoms with E-state index in [2.05, 4.69) is 10.3 Å². The Kier molecular flexibility index (Phi) is 4.06. The van der Waals surface area contributed by atoms with Crippen LogP contribution in [-0.4, -0.2) is 9.91 Å². The molecule has 0 amide bonds. The molecule has 0 spiro atoms. The van der Waals surface area contributed by atoms with Crippen molar-refractivity contribution in [3.63, 3.8) is 0 Å². The highest BCUT2D eigenvalue weighted by molar-refractivity contribution is 5.59. The van der Waals surface area contributed by atoms with E-state index in [1.54, 1.807) is 0 Å².